The van der Waals surface area contributed by atoms with Gasteiger partial charge in [0.1, 0.15) is 0 Å². The Morgan fingerprint density at radius 2 is 1.87 bits per heavy atom. The van der Waals surface area contributed by atoms with E-state index >= 15 is 0 Å². The van der Waals surface area contributed by atoms with Crippen LogP contribution in [0.4, 0.5) is 0 Å². The van der Waals surface area contributed by atoms with Crippen LogP contribution >= 0.6 is 0 Å². The average molecular weight is 257 g/mol. The average Bonchev–Trinajstić information content (AvgIpc) is 2.01. The summed E-state index contributed by atoms with van der Waals surface area (Å²) in [6, 6.07) is 0.725. The zero-order valence-corrected chi connectivity index (χ0v) is 11.8. The molecule has 0 aliphatic carbocycles. The molecule has 0 spiro atoms. The molecule has 0 aliphatic heterocycles. The maximum absolute atomic E-state index is 4.51. The molecule has 4 heteroatoms. The van der Waals surface area contributed by atoms with E-state index in [1.54, 1.807) is 0 Å². The SMILES string of the molecule is CCC(C)N=C(C)[N-]C(C)CN(C)C.[Co]. The minimum absolute atomic E-state index is 0. The molecule has 0 heterocycles. The van der Waals surface area contributed by atoms with Crippen LogP contribution in [0.15, 0.2) is 4.99 Å². The fourth-order valence-electron chi connectivity index (χ4n) is 1.33. The molecule has 0 aromatic rings. The Kier molecular flexibility index (Phi) is 10.6. The van der Waals surface area contributed by atoms with Gasteiger partial charge in [0.2, 0.25) is 0 Å². The predicted molar refractivity (Wildman–Crippen MR) is 64.2 cm³/mol. The third kappa shape index (κ3) is 10.2. The number of hydrogen-bond acceptors (Lipinski definition) is 2. The molecule has 15 heavy (non-hydrogen) atoms. The largest absolute Gasteiger partial charge is 0.466 e. The smallest absolute Gasteiger partial charge is 0 e. The standard InChI is InChI=1S/C11H24N3.Co/c1-7-9(2)12-11(4)13-10(3)8-14(5)6;/h9-10H,7-8H2,1-6H3;/q-1;. The van der Waals surface area contributed by atoms with Crippen molar-refractivity contribution in [1.29, 1.82) is 0 Å². The summed E-state index contributed by atoms with van der Waals surface area (Å²) in [5.41, 5.74) is 0. The topological polar surface area (TPSA) is 29.7 Å². The van der Waals surface area contributed by atoms with Crippen LogP contribution in [0.5, 0.6) is 0 Å². The summed E-state index contributed by atoms with van der Waals surface area (Å²) in [6.07, 6.45) is 1.08. The summed E-state index contributed by atoms with van der Waals surface area (Å²) < 4.78 is 0. The molecule has 1 radical (unpaired) electrons. The van der Waals surface area contributed by atoms with Crippen molar-refractivity contribution in [3.05, 3.63) is 5.32 Å². The van der Waals surface area contributed by atoms with E-state index in [-0.39, 0.29) is 16.8 Å². The van der Waals surface area contributed by atoms with Gasteiger partial charge in [-0.1, -0.05) is 33.0 Å². The molecule has 93 valence electrons. The Hall–Kier alpha value is -0.0635. The van der Waals surface area contributed by atoms with Crippen molar-refractivity contribution in [1.82, 2.24) is 4.90 Å². The molecule has 3 nitrogen and oxygen atoms in total. The monoisotopic (exact) mass is 257 g/mol. The number of nitrogens with zero attached hydrogens (tertiary/aromatic N) is 3. The second-order valence-corrected chi connectivity index (χ2v) is 4.17. The summed E-state index contributed by atoms with van der Waals surface area (Å²) in [7, 11) is 4.13. The quantitative estimate of drug-likeness (QED) is 0.549. The first-order chi connectivity index (χ1) is 6.45. The van der Waals surface area contributed by atoms with Crippen molar-refractivity contribution < 1.29 is 16.8 Å². The van der Waals surface area contributed by atoms with Crippen LogP contribution in [0, 0.1) is 0 Å². The molecular formula is C11H24CoN3-. The fraction of sp³-hybridized carbons (Fsp3) is 0.909. The predicted octanol–water partition coefficient (Wildman–Crippen LogP) is 2.52. The molecule has 2 unspecified atom stereocenters. The Labute approximate surface area is 105 Å². The first-order valence-electron chi connectivity index (χ1n) is 5.35. The molecule has 0 aromatic heterocycles. The number of hydrogen-bond donors (Lipinski definition) is 0. The van der Waals surface area contributed by atoms with E-state index < -0.39 is 0 Å². The number of rotatable bonds is 5. The molecule has 0 aromatic carbocycles. The van der Waals surface area contributed by atoms with Crippen molar-refractivity contribution in [2.24, 2.45) is 4.99 Å². The van der Waals surface area contributed by atoms with Crippen LogP contribution in [0.2, 0.25) is 0 Å². The first kappa shape index (κ1) is 17.3. The van der Waals surface area contributed by atoms with Crippen molar-refractivity contribution in [2.45, 2.75) is 46.2 Å². The van der Waals surface area contributed by atoms with E-state index in [1.165, 1.54) is 0 Å². The summed E-state index contributed by atoms with van der Waals surface area (Å²) in [6.45, 7) is 9.35. The van der Waals surface area contributed by atoms with Gasteiger partial charge < -0.3 is 15.2 Å². The van der Waals surface area contributed by atoms with Gasteiger partial charge in [-0.3, -0.25) is 0 Å². The second kappa shape index (κ2) is 9.18. The molecule has 0 saturated heterocycles. The third-order valence-electron chi connectivity index (χ3n) is 2.03. The van der Waals surface area contributed by atoms with Crippen LogP contribution in [0.1, 0.15) is 34.1 Å². The maximum Gasteiger partial charge on any atom is 0 e. The molecule has 0 rings (SSSR count). The van der Waals surface area contributed by atoms with Crippen LogP contribution < -0.4 is 0 Å². The van der Waals surface area contributed by atoms with Crippen LogP contribution in [0.3, 0.4) is 0 Å². The molecule has 0 amide bonds. The van der Waals surface area contributed by atoms with Crippen LogP contribution in [0.25, 0.3) is 5.32 Å². The number of amidine groups is 1. The minimum atomic E-state index is 0. The Morgan fingerprint density at radius 3 is 2.27 bits per heavy atom. The van der Waals surface area contributed by atoms with Gasteiger partial charge in [0.25, 0.3) is 0 Å². The van der Waals surface area contributed by atoms with Gasteiger partial charge in [0, 0.05) is 16.8 Å². The second-order valence-electron chi connectivity index (χ2n) is 4.17. The van der Waals surface area contributed by atoms with E-state index in [0.29, 0.717) is 12.1 Å². The molecule has 0 fully saturated rings. The number of likely N-dealkylation sites (N-methyl/N-ethyl adjacent to an activating group) is 1. The van der Waals surface area contributed by atoms with Crippen molar-refractivity contribution in [3.63, 3.8) is 0 Å². The van der Waals surface area contributed by atoms with E-state index in [1.807, 2.05) is 6.92 Å². The Balaban J connectivity index is 0. The fourth-order valence-corrected chi connectivity index (χ4v) is 1.33. The minimum Gasteiger partial charge on any atom is -0.466 e. The molecule has 0 saturated carbocycles. The van der Waals surface area contributed by atoms with Crippen molar-refractivity contribution in [2.75, 3.05) is 20.6 Å². The van der Waals surface area contributed by atoms with Crippen LogP contribution in [-0.4, -0.2) is 43.5 Å². The Bertz CT molecular complexity index is 181. The molecule has 0 bridgehead atoms. The van der Waals surface area contributed by atoms with Gasteiger partial charge in [-0.2, -0.15) is 0 Å². The number of aliphatic imine (C=N–C) groups is 1. The normalized spacial score (nSPS) is 15.8. The van der Waals surface area contributed by atoms with Crippen LogP contribution in [-0.2, 0) is 16.8 Å². The van der Waals surface area contributed by atoms with Crippen molar-refractivity contribution >= 4 is 5.84 Å². The van der Waals surface area contributed by atoms with E-state index in [4.69, 9.17) is 0 Å². The first-order valence-corrected chi connectivity index (χ1v) is 5.35. The molecular weight excluding hydrogens is 233 g/mol. The van der Waals surface area contributed by atoms with E-state index in [2.05, 4.69) is 50.1 Å². The van der Waals surface area contributed by atoms with Gasteiger partial charge in [-0.15, -0.1) is 0 Å². The third-order valence-corrected chi connectivity index (χ3v) is 2.03. The summed E-state index contributed by atoms with van der Waals surface area (Å²) in [5, 5.41) is 4.51. The molecule has 0 N–H and O–H groups in total. The van der Waals surface area contributed by atoms with E-state index in [0.717, 1.165) is 18.8 Å². The summed E-state index contributed by atoms with van der Waals surface area (Å²) >= 11 is 0. The molecule has 0 aliphatic rings. The summed E-state index contributed by atoms with van der Waals surface area (Å²) in [5.74, 6) is 0.925. The van der Waals surface area contributed by atoms with Gasteiger partial charge in [0.05, 0.1) is 0 Å². The molecule has 2 atom stereocenters. The zero-order valence-electron chi connectivity index (χ0n) is 10.7. The van der Waals surface area contributed by atoms with Crippen molar-refractivity contribution in [3.8, 4) is 0 Å². The van der Waals surface area contributed by atoms with Gasteiger partial charge in [-0.25, -0.2) is 0 Å². The summed E-state index contributed by atoms with van der Waals surface area (Å²) in [4.78, 5) is 6.62. The maximum atomic E-state index is 4.51. The van der Waals surface area contributed by atoms with E-state index in [9.17, 15) is 0 Å². The van der Waals surface area contributed by atoms with Gasteiger partial charge in [-0.05, 0) is 39.6 Å². The van der Waals surface area contributed by atoms with Gasteiger partial charge >= 0.3 is 0 Å². The zero-order chi connectivity index (χ0) is 11.1. The van der Waals surface area contributed by atoms with Gasteiger partial charge in [0.15, 0.2) is 0 Å². The Morgan fingerprint density at radius 1 is 1.33 bits per heavy atom.